The first-order valence-corrected chi connectivity index (χ1v) is 10.5. The van der Waals surface area contributed by atoms with Gasteiger partial charge in [0.05, 0.1) is 25.3 Å². The van der Waals surface area contributed by atoms with Crippen LogP contribution < -0.4 is 33.2 Å². The van der Waals surface area contributed by atoms with Crippen LogP contribution in [0.4, 0.5) is 0 Å². The smallest absolute Gasteiger partial charge is 0.326 e. The van der Waals surface area contributed by atoms with Gasteiger partial charge in [0.25, 0.3) is 0 Å². The quantitative estimate of drug-likeness (QED) is 0.115. The first kappa shape index (κ1) is 29.5. The first-order valence-electron chi connectivity index (χ1n) is 10.5. The molecule has 1 aromatic carbocycles. The summed E-state index contributed by atoms with van der Waals surface area (Å²) in [5, 5.41) is 24.5. The molecule has 15 nitrogen and oxygen atoms in total. The summed E-state index contributed by atoms with van der Waals surface area (Å²) >= 11 is 0. The van der Waals surface area contributed by atoms with Crippen LogP contribution in [-0.4, -0.2) is 75.9 Å². The van der Waals surface area contributed by atoms with E-state index in [1.807, 2.05) is 5.32 Å². The van der Waals surface area contributed by atoms with Crippen LogP contribution in [0.25, 0.3) is 0 Å². The van der Waals surface area contributed by atoms with Gasteiger partial charge in [0.15, 0.2) is 0 Å². The van der Waals surface area contributed by atoms with Crippen molar-refractivity contribution >= 4 is 41.5 Å². The summed E-state index contributed by atoms with van der Waals surface area (Å²) in [7, 11) is 0. The second-order valence-electron chi connectivity index (χ2n) is 7.76. The Balaban J connectivity index is 3.13. The number of hydrogen-bond acceptors (Lipinski definition) is 8. The van der Waals surface area contributed by atoms with Crippen LogP contribution in [0.5, 0.6) is 0 Å². The molecule has 1 rings (SSSR count). The Morgan fingerprint density at radius 1 is 0.694 bits per heavy atom. The van der Waals surface area contributed by atoms with Crippen LogP contribution in [0.15, 0.2) is 30.3 Å². The van der Waals surface area contributed by atoms with E-state index in [-0.39, 0.29) is 6.42 Å². The number of aliphatic carboxylic acids is 2. The molecule has 0 bridgehead atoms. The van der Waals surface area contributed by atoms with Gasteiger partial charge in [-0.25, -0.2) is 4.79 Å². The van der Waals surface area contributed by atoms with Gasteiger partial charge in [-0.15, -0.1) is 0 Å². The van der Waals surface area contributed by atoms with Crippen LogP contribution in [0.1, 0.15) is 24.8 Å². The van der Waals surface area contributed by atoms with E-state index in [9.17, 15) is 38.7 Å². The van der Waals surface area contributed by atoms with Crippen molar-refractivity contribution in [3.63, 3.8) is 0 Å². The molecule has 0 aliphatic heterocycles. The molecule has 0 spiro atoms. The Morgan fingerprint density at radius 2 is 1.17 bits per heavy atom. The van der Waals surface area contributed by atoms with Gasteiger partial charge in [-0.1, -0.05) is 30.3 Å². The highest BCUT2D eigenvalue weighted by Crippen LogP contribution is 2.06. The third-order valence-electron chi connectivity index (χ3n) is 4.71. The molecule has 0 saturated heterocycles. The number of carboxylic acid groups (broad SMARTS) is 2. The van der Waals surface area contributed by atoms with Gasteiger partial charge < -0.3 is 43.4 Å². The molecule has 0 aliphatic carbocycles. The molecule has 0 aliphatic rings. The molecule has 0 saturated carbocycles. The number of hydrogen-bond donors (Lipinski definition) is 8. The van der Waals surface area contributed by atoms with Crippen molar-refractivity contribution < 1.29 is 43.8 Å². The third-order valence-corrected chi connectivity index (χ3v) is 4.71. The Bertz CT molecular complexity index is 1000. The summed E-state index contributed by atoms with van der Waals surface area (Å²) in [6, 6.07) is 2.04. The second kappa shape index (κ2) is 14.0. The van der Waals surface area contributed by atoms with Crippen molar-refractivity contribution in [2.45, 2.75) is 49.9 Å². The Kier molecular flexibility index (Phi) is 11.5. The lowest BCUT2D eigenvalue weighted by Gasteiger charge is -2.24. The summed E-state index contributed by atoms with van der Waals surface area (Å²) in [6.45, 7) is 0. The number of carbonyl (C=O) groups is 7. The lowest BCUT2D eigenvalue weighted by Crippen LogP contribution is -2.58. The lowest BCUT2D eigenvalue weighted by molar-refractivity contribution is -0.144. The topological polar surface area (TPSA) is 274 Å². The second-order valence-corrected chi connectivity index (χ2v) is 7.76. The van der Waals surface area contributed by atoms with Crippen LogP contribution in [0.3, 0.4) is 0 Å². The normalized spacial score (nSPS) is 13.8. The van der Waals surface area contributed by atoms with Crippen molar-refractivity contribution in [2.75, 3.05) is 0 Å². The molecule has 0 aromatic heterocycles. The molecule has 15 heteroatoms. The summed E-state index contributed by atoms with van der Waals surface area (Å²) < 4.78 is 0. The molecule has 0 radical (unpaired) electrons. The maximum absolute atomic E-state index is 13.0. The minimum Gasteiger partial charge on any atom is -0.481 e. The van der Waals surface area contributed by atoms with Crippen molar-refractivity contribution in [2.24, 2.45) is 17.2 Å². The lowest BCUT2D eigenvalue weighted by atomic mass is 10.0. The van der Waals surface area contributed by atoms with Crippen molar-refractivity contribution in [3.8, 4) is 0 Å². The van der Waals surface area contributed by atoms with E-state index >= 15 is 0 Å². The third kappa shape index (κ3) is 10.6. The number of amides is 5. The highest BCUT2D eigenvalue weighted by molar-refractivity contribution is 5.97. The Morgan fingerprint density at radius 3 is 1.67 bits per heavy atom. The number of carbonyl (C=O) groups excluding carboxylic acids is 5. The van der Waals surface area contributed by atoms with Crippen molar-refractivity contribution in [1.29, 1.82) is 0 Å². The van der Waals surface area contributed by atoms with Gasteiger partial charge in [0.2, 0.25) is 29.5 Å². The number of carboxylic acids is 2. The highest BCUT2D eigenvalue weighted by atomic mass is 16.4. The Hall–Kier alpha value is -4.53. The van der Waals surface area contributed by atoms with E-state index in [0.29, 0.717) is 5.56 Å². The molecule has 196 valence electrons. The molecule has 11 N–H and O–H groups in total. The summed E-state index contributed by atoms with van der Waals surface area (Å²) in [5.41, 5.74) is 16.2. The molecule has 36 heavy (non-hydrogen) atoms. The fourth-order valence-corrected chi connectivity index (χ4v) is 2.98. The van der Waals surface area contributed by atoms with E-state index < -0.39 is 84.9 Å². The van der Waals surface area contributed by atoms with Gasteiger partial charge in [0.1, 0.15) is 18.1 Å². The van der Waals surface area contributed by atoms with Crippen LogP contribution >= 0.6 is 0 Å². The maximum Gasteiger partial charge on any atom is 0.326 e. The first-order chi connectivity index (χ1) is 16.8. The van der Waals surface area contributed by atoms with E-state index in [2.05, 4.69) is 10.6 Å². The molecule has 0 heterocycles. The fourth-order valence-electron chi connectivity index (χ4n) is 2.98. The Labute approximate surface area is 204 Å². The van der Waals surface area contributed by atoms with E-state index in [4.69, 9.17) is 22.3 Å². The summed E-state index contributed by atoms with van der Waals surface area (Å²) in [5.74, 6) is -8.07. The van der Waals surface area contributed by atoms with E-state index in [1.54, 1.807) is 30.3 Å². The van der Waals surface area contributed by atoms with Gasteiger partial charge in [-0.05, 0) is 5.56 Å². The van der Waals surface area contributed by atoms with Gasteiger partial charge in [-0.2, -0.15) is 0 Å². The average Bonchev–Trinajstić information content (AvgIpc) is 2.77. The van der Waals surface area contributed by atoms with Crippen LogP contribution in [0, 0.1) is 0 Å². The fraction of sp³-hybridized carbons (Fsp3) is 0.381. The predicted octanol–water partition coefficient (Wildman–Crippen LogP) is -3.68. The van der Waals surface area contributed by atoms with Gasteiger partial charge in [-0.3, -0.25) is 28.8 Å². The monoisotopic (exact) mass is 508 g/mol. The molecule has 4 atom stereocenters. The number of benzene rings is 1. The van der Waals surface area contributed by atoms with E-state index in [0.717, 1.165) is 0 Å². The molecule has 0 fully saturated rings. The zero-order chi connectivity index (χ0) is 27.4. The van der Waals surface area contributed by atoms with Gasteiger partial charge in [0, 0.05) is 6.42 Å². The molecular formula is C21H28N6O9. The largest absolute Gasteiger partial charge is 0.481 e. The number of nitrogens with two attached hydrogens (primary N) is 3. The van der Waals surface area contributed by atoms with Crippen LogP contribution in [-0.2, 0) is 40.0 Å². The number of primary amides is 2. The predicted molar refractivity (Wildman–Crippen MR) is 121 cm³/mol. The molecule has 5 amide bonds. The zero-order valence-electron chi connectivity index (χ0n) is 19.0. The van der Waals surface area contributed by atoms with Gasteiger partial charge >= 0.3 is 11.9 Å². The summed E-state index contributed by atoms with van der Waals surface area (Å²) in [4.78, 5) is 82.7. The van der Waals surface area contributed by atoms with Crippen molar-refractivity contribution in [3.05, 3.63) is 35.9 Å². The minimum absolute atomic E-state index is 0.109. The molecule has 1 aromatic rings. The SMILES string of the molecule is NC(=O)CC(NC(=O)C(CC(N)=O)NC(=O)C(Cc1ccccc1)NC(=O)C(N)CC(=O)O)C(=O)O. The standard InChI is InChI=1S/C21H28N6O9/c22-11(7-17(30)31)18(32)25-12(6-10-4-2-1-3-5-10)19(33)26-13(8-15(23)28)20(34)27-14(21(35)36)9-16(24)29/h1-5,11-14H,6-9,22H2,(H2,23,28)(H2,24,29)(H,25,32)(H,26,33)(H,27,34)(H,30,31)(H,35,36). The highest BCUT2D eigenvalue weighted by Gasteiger charge is 2.32. The molecule has 4 unspecified atom stereocenters. The zero-order valence-corrected chi connectivity index (χ0v) is 19.0. The van der Waals surface area contributed by atoms with Crippen LogP contribution in [0.2, 0.25) is 0 Å². The molecular weight excluding hydrogens is 480 g/mol. The maximum atomic E-state index is 13.0. The number of rotatable bonds is 15. The van der Waals surface area contributed by atoms with E-state index in [1.165, 1.54) is 0 Å². The average molecular weight is 508 g/mol. The minimum atomic E-state index is -1.74. The summed E-state index contributed by atoms with van der Waals surface area (Å²) in [6.07, 6.45) is -2.32. The number of nitrogens with one attached hydrogen (secondary N) is 3. The van der Waals surface area contributed by atoms with Crippen molar-refractivity contribution in [1.82, 2.24) is 16.0 Å².